The van der Waals surface area contributed by atoms with Gasteiger partial charge in [0.05, 0.1) is 0 Å². The molecule has 0 saturated carbocycles. The van der Waals surface area contributed by atoms with Gasteiger partial charge in [-0.05, 0) is 24.4 Å². The van der Waals surface area contributed by atoms with Crippen LogP contribution in [0.3, 0.4) is 0 Å². The molecule has 1 aliphatic heterocycles. The standard InChI is InChI=1S/C13H17N/c1-2-9-14-10-8-13(11-14)12-6-4-3-5-7-12/h2-7,13H,1,8-11H2. The Labute approximate surface area is 86.1 Å². The van der Waals surface area contributed by atoms with Crippen LogP contribution in [0.2, 0.25) is 0 Å². The molecule has 1 saturated heterocycles. The largest absolute Gasteiger partial charge is 0.299 e. The van der Waals surface area contributed by atoms with Crippen molar-refractivity contribution in [1.29, 1.82) is 0 Å². The number of hydrogen-bond donors (Lipinski definition) is 0. The Balaban J connectivity index is 1.99. The molecule has 1 atom stereocenters. The average Bonchev–Trinajstić information content (AvgIpc) is 2.68. The van der Waals surface area contributed by atoms with Crippen LogP contribution in [0.1, 0.15) is 17.9 Å². The summed E-state index contributed by atoms with van der Waals surface area (Å²) in [6, 6.07) is 10.8. The van der Waals surface area contributed by atoms with Gasteiger partial charge in [0.2, 0.25) is 0 Å². The van der Waals surface area contributed by atoms with Gasteiger partial charge in [-0.1, -0.05) is 36.4 Å². The van der Waals surface area contributed by atoms with E-state index in [9.17, 15) is 0 Å². The summed E-state index contributed by atoms with van der Waals surface area (Å²) in [5, 5.41) is 0. The van der Waals surface area contributed by atoms with Crippen LogP contribution in [0.25, 0.3) is 0 Å². The zero-order valence-corrected chi connectivity index (χ0v) is 8.52. The Morgan fingerprint density at radius 1 is 1.36 bits per heavy atom. The summed E-state index contributed by atoms with van der Waals surface area (Å²) in [4.78, 5) is 2.46. The summed E-state index contributed by atoms with van der Waals surface area (Å²) < 4.78 is 0. The summed E-state index contributed by atoms with van der Waals surface area (Å²) in [5.74, 6) is 0.733. The summed E-state index contributed by atoms with van der Waals surface area (Å²) in [5.41, 5.74) is 1.49. The molecule has 1 fully saturated rings. The maximum Gasteiger partial charge on any atom is 0.0160 e. The van der Waals surface area contributed by atoms with Gasteiger partial charge in [-0.15, -0.1) is 6.58 Å². The lowest BCUT2D eigenvalue weighted by Gasteiger charge is -2.13. The lowest BCUT2D eigenvalue weighted by atomic mass is 9.99. The van der Waals surface area contributed by atoms with Gasteiger partial charge in [-0.25, -0.2) is 0 Å². The van der Waals surface area contributed by atoms with E-state index in [2.05, 4.69) is 41.8 Å². The minimum absolute atomic E-state index is 0.733. The zero-order chi connectivity index (χ0) is 9.80. The number of likely N-dealkylation sites (tertiary alicyclic amines) is 1. The SMILES string of the molecule is C=CCN1CCC(c2ccccc2)C1. The summed E-state index contributed by atoms with van der Waals surface area (Å²) >= 11 is 0. The fraction of sp³-hybridized carbons (Fsp3) is 0.385. The fourth-order valence-electron chi connectivity index (χ4n) is 2.18. The van der Waals surface area contributed by atoms with Crippen molar-refractivity contribution in [3.8, 4) is 0 Å². The lowest BCUT2D eigenvalue weighted by molar-refractivity contribution is 0.372. The molecule has 2 rings (SSSR count). The van der Waals surface area contributed by atoms with E-state index in [-0.39, 0.29) is 0 Å². The minimum Gasteiger partial charge on any atom is -0.299 e. The van der Waals surface area contributed by atoms with Crippen LogP contribution in [0.15, 0.2) is 43.0 Å². The van der Waals surface area contributed by atoms with Crippen molar-refractivity contribution in [2.45, 2.75) is 12.3 Å². The van der Waals surface area contributed by atoms with Crippen LogP contribution in [0, 0.1) is 0 Å². The smallest absolute Gasteiger partial charge is 0.0160 e. The van der Waals surface area contributed by atoms with Crippen molar-refractivity contribution in [3.05, 3.63) is 48.6 Å². The highest BCUT2D eigenvalue weighted by molar-refractivity contribution is 5.21. The van der Waals surface area contributed by atoms with Gasteiger partial charge in [0.25, 0.3) is 0 Å². The van der Waals surface area contributed by atoms with Crippen LogP contribution in [0.5, 0.6) is 0 Å². The third kappa shape index (κ3) is 2.05. The monoisotopic (exact) mass is 187 g/mol. The molecule has 14 heavy (non-hydrogen) atoms. The Morgan fingerprint density at radius 2 is 2.14 bits per heavy atom. The molecule has 0 amide bonds. The molecular weight excluding hydrogens is 170 g/mol. The second kappa shape index (κ2) is 4.43. The van der Waals surface area contributed by atoms with E-state index in [1.807, 2.05) is 6.08 Å². The Bertz CT molecular complexity index is 291. The van der Waals surface area contributed by atoms with E-state index in [0.717, 1.165) is 12.5 Å². The maximum atomic E-state index is 3.78. The molecule has 0 radical (unpaired) electrons. The molecule has 1 nitrogen and oxygen atoms in total. The van der Waals surface area contributed by atoms with Crippen LogP contribution >= 0.6 is 0 Å². The van der Waals surface area contributed by atoms with Crippen molar-refractivity contribution in [2.24, 2.45) is 0 Å². The Morgan fingerprint density at radius 3 is 2.86 bits per heavy atom. The lowest BCUT2D eigenvalue weighted by Crippen LogP contribution is -2.19. The minimum atomic E-state index is 0.733. The Kier molecular flexibility index (Phi) is 3.00. The molecule has 1 heterocycles. The first-order chi connectivity index (χ1) is 6.90. The van der Waals surface area contributed by atoms with Gasteiger partial charge in [0, 0.05) is 13.1 Å². The highest BCUT2D eigenvalue weighted by atomic mass is 15.1. The van der Waals surface area contributed by atoms with Gasteiger partial charge in [-0.2, -0.15) is 0 Å². The summed E-state index contributed by atoms with van der Waals surface area (Å²) in [7, 11) is 0. The van der Waals surface area contributed by atoms with Crippen LogP contribution < -0.4 is 0 Å². The number of benzene rings is 1. The normalized spacial score (nSPS) is 22.4. The van der Waals surface area contributed by atoms with E-state index >= 15 is 0 Å². The predicted octanol–water partition coefficient (Wildman–Crippen LogP) is 2.66. The van der Waals surface area contributed by atoms with E-state index < -0.39 is 0 Å². The first kappa shape index (κ1) is 9.47. The molecule has 1 heteroatoms. The van der Waals surface area contributed by atoms with Crippen LogP contribution in [-0.2, 0) is 0 Å². The van der Waals surface area contributed by atoms with Crippen LogP contribution in [-0.4, -0.2) is 24.5 Å². The Hall–Kier alpha value is -1.08. The van der Waals surface area contributed by atoms with Gasteiger partial charge in [0.15, 0.2) is 0 Å². The number of nitrogens with zero attached hydrogens (tertiary/aromatic N) is 1. The second-order valence-electron chi connectivity index (χ2n) is 3.94. The van der Waals surface area contributed by atoms with Crippen LogP contribution in [0.4, 0.5) is 0 Å². The highest BCUT2D eigenvalue weighted by Gasteiger charge is 2.22. The van der Waals surface area contributed by atoms with E-state index in [1.54, 1.807) is 0 Å². The molecule has 0 N–H and O–H groups in total. The van der Waals surface area contributed by atoms with Gasteiger partial charge < -0.3 is 0 Å². The zero-order valence-electron chi connectivity index (χ0n) is 8.52. The van der Waals surface area contributed by atoms with Crippen molar-refractivity contribution in [3.63, 3.8) is 0 Å². The van der Waals surface area contributed by atoms with Crippen molar-refractivity contribution in [2.75, 3.05) is 19.6 Å². The number of rotatable bonds is 3. The van der Waals surface area contributed by atoms with E-state index in [0.29, 0.717) is 0 Å². The first-order valence-electron chi connectivity index (χ1n) is 5.28. The van der Waals surface area contributed by atoms with E-state index in [4.69, 9.17) is 0 Å². The molecule has 1 unspecified atom stereocenters. The summed E-state index contributed by atoms with van der Waals surface area (Å²) in [6.07, 6.45) is 3.28. The first-order valence-corrected chi connectivity index (χ1v) is 5.28. The molecule has 0 aromatic heterocycles. The fourth-order valence-corrected chi connectivity index (χ4v) is 2.18. The quantitative estimate of drug-likeness (QED) is 0.658. The molecule has 74 valence electrons. The van der Waals surface area contributed by atoms with Gasteiger partial charge in [0.1, 0.15) is 0 Å². The second-order valence-corrected chi connectivity index (χ2v) is 3.94. The van der Waals surface area contributed by atoms with Crippen molar-refractivity contribution in [1.82, 2.24) is 4.90 Å². The summed E-state index contributed by atoms with van der Waals surface area (Å²) in [6.45, 7) is 7.22. The molecule has 0 spiro atoms. The van der Waals surface area contributed by atoms with E-state index in [1.165, 1.54) is 25.1 Å². The highest BCUT2D eigenvalue weighted by Crippen LogP contribution is 2.26. The third-order valence-electron chi connectivity index (χ3n) is 2.93. The predicted molar refractivity (Wildman–Crippen MR) is 60.4 cm³/mol. The molecule has 1 aromatic rings. The van der Waals surface area contributed by atoms with Gasteiger partial charge >= 0.3 is 0 Å². The maximum absolute atomic E-state index is 3.78. The van der Waals surface area contributed by atoms with Crippen molar-refractivity contribution >= 4 is 0 Å². The number of hydrogen-bond acceptors (Lipinski definition) is 1. The molecule has 1 aliphatic rings. The van der Waals surface area contributed by atoms with Gasteiger partial charge in [-0.3, -0.25) is 4.90 Å². The molecule has 1 aromatic carbocycles. The molecule has 0 bridgehead atoms. The average molecular weight is 187 g/mol. The molecule has 0 aliphatic carbocycles. The third-order valence-corrected chi connectivity index (χ3v) is 2.93. The van der Waals surface area contributed by atoms with Crippen molar-refractivity contribution < 1.29 is 0 Å². The topological polar surface area (TPSA) is 3.24 Å². The molecular formula is C13H17N.